The summed E-state index contributed by atoms with van der Waals surface area (Å²) in [6.07, 6.45) is 6.16. The van der Waals surface area contributed by atoms with E-state index in [1.807, 2.05) is 54.8 Å². The van der Waals surface area contributed by atoms with Gasteiger partial charge in [-0.25, -0.2) is 5.43 Å². The second kappa shape index (κ2) is 10.8. The molecule has 170 valence electrons. The lowest BCUT2D eigenvalue weighted by Crippen LogP contribution is -2.19. The monoisotopic (exact) mass is 478 g/mol. The van der Waals surface area contributed by atoms with Gasteiger partial charge in [0.2, 0.25) is 5.91 Å². The highest BCUT2D eigenvalue weighted by molar-refractivity contribution is 8.08. The normalized spacial score (nSPS) is 17.0. The molecule has 2 amide bonds. The van der Waals surface area contributed by atoms with E-state index >= 15 is 0 Å². The second-order valence-electron chi connectivity index (χ2n) is 7.63. The molecule has 6 nitrogen and oxygen atoms in total. The molecule has 33 heavy (non-hydrogen) atoms. The quantitative estimate of drug-likeness (QED) is 0.438. The highest BCUT2D eigenvalue weighted by atomic mass is 32.2. The summed E-state index contributed by atoms with van der Waals surface area (Å²) in [5.74, 6) is 0.653. The topological polar surface area (TPSA) is 82.6 Å². The number of rotatable bonds is 8. The Bertz CT molecular complexity index is 1150. The first-order valence-electron chi connectivity index (χ1n) is 10.9. The smallest absolute Gasteiger partial charge is 0.275 e. The highest BCUT2D eigenvalue weighted by Gasteiger charge is 2.28. The molecule has 0 radical (unpaired) electrons. The van der Waals surface area contributed by atoms with Crippen LogP contribution in [-0.4, -0.2) is 29.5 Å². The van der Waals surface area contributed by atoms with E-state index in [2.05, 4.69) is 34.2 Å². The Balaban J connectivity index is 1.60. The minimum Gasteiger partial charge on any atom is -0.354 e. The van der Waals surface area contributed by atoms with Crippen LogP contribution in [0.15, 0.2) is 75.9 Å². The fraction of sp³-hybridized carbons (Fsp3) is 0.240. The molecular weight excluding hydrogens is 452 g/mol. The van der Waals surface area contributed by atoms with Crippen LogP contribution in [-0.2, 0) is 9.59 Å². The molecule has 2 heterocycles. The summed E-state index contributed by atoms with van der Waals surface area (Å²) in [6.45, 7) is 2.07. The molecule has 2 aromatic carbocycles. The molecule has 0 saturated carbocycles. The van der Waals surface area contributed by atoms with Gasteiger partial charge in [0.05, 0.1) is 17.0 Å². The SMILES string of the molecule is CCCC1=NNC(=O)C1=C1C=C(Sc2ccc(NC(=O)CCSC)cc2)c2ccccc2N1. The average Bonchev–Trinajstić information content (AvgIpc) is 3.19. The lowest BCUT2D eigenvalue weighted by Gasteiger charge is -2.22. The Hall–Kier alpha value is -2.97. The van der Waals surface area contributed by atoms with Crippen molar-refractivity contribution in [2.24, 2.45) is 5.10 Å². The minimum atomic E-state index is -0.178. The molecule has 0 spiro atoms. The van der Waals surface area contributed by atoms with Crippen LogP contribution < -0.4 is 16.1 Å². The van der Waals surface area contributed by atoms with E-state index < -0.39 is 0 Å². The van der Waals surface area contributed by atoms with Crippen LogP contribution in [0.1, 0.15) is 31.7 Å². The van der Waals surface area contributed by atoms with Gasteiger partial charge in [-0.3, -0.25) is 9.59 Å². The number of thioether (sulfide) groups is 2. The van der Waals surface area contributed by atoms with Crippen LogP contribution in [0.4, 0.5) is 11.4 Å². The molecule has 0 aliphatic carbocycles. The number of carbonyl (C=O) groups is 2. The number of anilines is 2. The van der Waals surface area contributed by atoms with Crippen molar-refractivity contribution in [2.45, 2.75) is 31.1 Å². The van der Waals surface area contributed by atoms with E-state index in [1.165, 1.54) is 0 Å². The fourth-order valence-corrected chi connectivity index (χ4v) is 5.00. The Morgan fingerprint density at radius 3 is 2.67 bits per heavy atom. The summed E-state index contributed by atoms with van der Waals surface area (Å²) in [5, 5.41) is 10.6. The molecule has 2 aromatic rings. The van der Waals surface area contributed by atoms with Crippen molar-refractivity contribution in [3.63, 3.8) is 0 Å². The van der Waals surface area contributed by atoms with Crippen molar-refractivity contribution in [3.05, 3.63) is 71.4 Å². The number of amides is 2. The average molecular weight is 479 g/mol. The van der Waals surface area contributed by atoms with Crippen molar-refractivity contribution in [1.29, 1.82) is 0 Å². The van der Waals surface area contributed by atoms with Gasteiger partial charge in [0.25, 0.3) is 5.91 Å². The molecule has 2 aliphatic rings. The first-order chi connectivity index (χ1) is 16.1. The molecule has 0 saturated heterocycles. The number of nitrogens with zero attached hydrogens (tertiary/aromatic N) is 1. The highest BCUT2D eigenvalue weighted by Crippen LogP contribution is 2.42. The van der Waals surface area contributed by atoms with E-state index in [9.17, 15) is 9.59 Å². The van der Waals surface area contributed by atoms with Gasteiger partial charge in [0.15, 0.2) is 0 Å². The standard InChI is InChI=1S/C25H26N4O2S2/c1-3-6-20-24(25(31)29-28-20)21-15-22(18-7-4-5-8-19(18)27-21)33-17-11-9-16(10-12-17)26-23(30)13-14-32-2/h4-5,7-12,15,27H,3,6,13-14H2,1-2H3,(H,26,30)(H,29,31). The van der Waals surface area contributed by atoms with E-state index in [0.29, 0.717) is 12.0 Å². The number of carbonyl (C=O) groups excluding carboxylic acids is 2. The number of allylic oxidation sites excluding steroid dienone is 1. The van der Waals surface area contributed by atoms with Gasteiger partial charge in [-0.1, -0.05) is 43.3 Å². The van der Waals surface area contributed by atoms with Gasteiger partial charge >= 0.3 is 0 Å². The van der Waals surface area contributed by atoms with Crippen LogP contribution in [0.5, 0.6) is 0 Å². The van der Waals surface area contributed by atoms with Crippen LogP contribution in [0, 0.1) is 0 Å². The number of benzene rings is 2. The largest absolute Gasteiger partial charge is 0.354 e. The summed E-state index contributed by atoms with van der Waals surface area (Å²) in [7, 11) is 0. The van der Waals surface area contributed by atoms with E-state index in [1.54, 1.807) is 23.5 Å². The lowest BCUT2D eigenvalue weighted by molar-refractivity contribution is -0.117. The maximum atomic E-state index is 12.5. The summed E-state index contributed by atoms with van der Waals surface area (Å²) in [4.78, 5) is 26.6. The predicted octanol–water partition coefficient (Wildman–Crippen LogP) is 5.48. The third-order valence-electron chi connectivity index (χ3n) is 5.20. The third-order valence-corrected chi connectivity index (χ3v) is 6.88. The van der Waals surface area contributed by atoms with Gasteiger partial charge < -0.3 is 10.6 Å². The zero-order valence-electron chi connectivity index (χ0n) is 18.6. The first-order valence-corrected chi connectivity index (χ1v) is 13.1. The molecule has 4 rings (SSSR count). The molecule has 0 bridgehead atoms. The summed E-state index contributed by atoms with van der Waals surface area (Å²) >= 11 is 3.28. The number of hydrogen-bond acceptors (Lipinski definition) is 6. The van der Waals surface area contributed by atoms with Crippen molar-refractivity contribution < 1.29 is 9.59 Å². The van der Waals surface area contributed by atoms with Crippen LogP contribution in [0.3, 0.4) is 0 Å². The maximum Gasteiger partial charge on any atom is 0.275 e. The Morgan fingerprint density at radius 2 is 1.91 bits per heavy atom. The summed E-state index contributed by atoms with van der Waals surface area (Å²) in [6, 6.07) is 15.9. The van der Waals surface area contributed by atoms with Crippen LogP contribution >= 0.6 is 23.5 Å². The van der Waals surface area contributed by atoms with E-state index in [4.69, 9.17) is 0 Å². The van der Waals surface area contributed by atoms with E-state index in [-0.39, 0.29) is 11.8 Å². The predicted molar refractivity (Wildman–Crippen MR) is 139 cm³/mol. The second-order valence-corrected chi connectivity index (χ2v) is 9.74. The van der Waals surface area contributed by atoms with Gasteiger partial charge in [-0.2, -0.15) is 16.9 Å². The Morgan fingerprint density at radius 1 is 1.12 bits per heavy atom. The Kier molecular flexibility index (Phi) is 7.57. The lowest BCUT2D eigenvalue weighted by atomic mass is 10.0. The number of fused-ring (bicyclic) bond motifs is 1. The molecule has 3 N–H and O–H groups in total. The van der Waals surface area contributed by atoms with Crippen molar-refractivity contribution in [1.82, 2.24) is 5.43 Å². The zero-order chi connectivity index (χ0) is 23.2. The first kappa shape index (κ1) is 23.2. The van der Waals surface area contributed by atoms with Gasteiger partial charge in [0, 0.05) is 38.9 Å². The molecule has 0 fully saturated rings. The number of hydrogen-bond donors (Lipinski definition) is 3. The third kappa shape index (κ3) is 5.51. The summed E-state index contributed by atoms with van der Waals surface area (Å²) in [5.41, 5.74) is 7.57. The van der Waals surface area contributed by atoms with Crippen LogP contribution in [0.25, 0.3) is 4.91 Å². The Labute approximate surface area is 202 Å². The molecule has 0 aromatic heterocycles. The van der Waals surface area contributed by atoms with Crippen molar-refractivity contribution in [2.75, 3.05) is 22.6 Å². The number of hydrazone groups is 1. The van der Waals surface area contributed by atoms with Crippen molar-refractivity contribution >= 4 is 57.3 Å². The molecular formula is C25H26N4O2S2. The fourth-order valence-electron chi connectivity index (χ4n) is 3.62. The summed E-state index contributed by atoms with van der Waals surface area (Å²) < 4.78 is 0. The minimum absolute atomic E-state index is 0.0235. The number of nitrogens with one attached hydrogen (secondary N) is 3. The molecule has 0 atom stereocenters. The number of para-hydroxylation sites is 1. The molecule has 8 heteroatoms. The maximum absolute atomic E-state index is 12.5. The van der Waals surface area contributed by atoms with Crippen molar-refractivity contribution in [3.8, 4) is 0 Å². The van der Waals surface area contributed by atoms with Gasteiger partial charge in [-0.15, -0.1) is 0 Å². The van der Waals surface area contributed by atoms with Gasteiger partial charge in [-0.05, 0) is 49.1 Å². The van der Waals surface area contributed by atoms with Crippen LogP contribution in [0.2, 0.25) is 0 Å². The molecule has 2 aliphatic heterocycles. The zero-order valence-corrected chi connectivity index (χ0v) is 20.2. The molecule has 0 unspecified atom stereocenters. The van der Waals surface area contributed by atoms with E-state index in [0.717, 1.165) is 56.7 Å². The van der Waals surface area contributed by atoms with Gasteiger partial charge in [0.1, 0.15) is 0 Å².